The predicted molar refractivity (Wildman–Crippen MR) is 50.0 cm³/mol. The molecule has 7 nitrogen and oxygen atoms in total. The first-order valence-electron chi connectivity index (χ1n) is 4.23. The monoisotopic (exact) mass is 218 g/mol. The number of amides is 2. The Labute approximate surface area is 86.7 Å². The Hall–Kier alpha value is -1.63. The average Bonchev–Trinajstić information content (AvgIpc) is 2.13. The molecule has 0 aromatic carbocycles. The molecule has 1 unspecified atom stereocenters. The highest BCUT2D eigenvalue weighted by molar-refractivity contribution is 5.87. The molecule has 0 rings (SSSR count). The number of aliphatic carboxylic acids is 1. The van der Waals surface area contributed by atoms with E-state index in [0.717, 1.165) is 4.90 Å². The molecule has 0 aliphatic rings. The summed E-state index contributed by atoms with van der Waals surface area (Å²) in [6.07, 6.45) is 0. The van der Waals surface area contributed by atoms with E-state index in [4.69, 9.17) is 10.2 Å². The van der Waals surface area contributed by atoms with Crippen LogP contribution in [0.5, 0.6) is 0 Å². The van der Waals surface area contributed by atoms with Crippen molar-refractivity contribution in [1.82, 2.24) is 10.2 Å². The van der Waals surface area contributed by atoms with Crippen LogP contribution in [-0.2, 0) is 14.4 Å². The Bertz CT molecular complexity index is 266. The second kappa shape index (κ2) is 5.97. The van der Waals surface area contributed by atoms with Crippen molar-refractivity contribution in [3.63, 3.8) is 0 Å². The van der Waals surface area contributed by atoms with Gasteiger partial charge >= 0.3 is 5.97 Å². The van der Waals surface area contributed by atoms with Gasteiger partial charge in [-0.3, -0.25) is 9.59 Å². The van der Waals surface area contributed by atoms with Crippen molar-refractivity contribution in [3.8, 4) is 0 Å². The van der Waals surface area contributed by atoms with Crippen LogP contribution < -0.4 is 5.32 Å². The quantitative estimate of drug-likeness (QED) is 0.496. The van der Waals surface area contributed by atoms with Gasteiger partial charge in [0.1, 0.15) is 6.04 Å². The first-order valence-corrected chi connectivity index (χ1v) is 4.23. The standard InChI is InChI=1S/C8H14N2O5/c1-5(12)10(2)3-7(13)9-6(4-11)8(14)15/h6,11H,3-4H2,1-2H3,(H,9,13)(H,14,15). The smallest absolute Gasteiger partial charge is 0.328 e. The zero-order chi connectivity index (χ0) is 12.0. The zero-order valence-corrected chi connectivity index (χ0v) is 8.56. The van der Waals surface area contributed by atoms with Crippen LogP contribution in [0.15, 0.2) is 0 Å². The van der Waals surface area contributed by atoms with Crippen molar-refractivity contribution in [2.45, 2.75) is 13.0 Å². The summed E-state index contributed by atoms with van der Waals surface area (Å²) < 4.78 is 0. The Morgan fingerprint density at radius 3 is 2.27 bits per heavy atom. The van der Waals surface area contributed by atoms with Gasteiger partial charge in [-0.05, 0) is 0 Å². The molecule has 2 amide bonds. The van der Waals surface area contributed by atoms with Crippen LogP contribution in [-0.4, -0.2) is 59.1 Å². The van der Waals surface area contributed by atoms with Gasteiger partial charge in [-0.15, -0.1) is 0 Å². The number of likely N-dealkylation sites (N-methyl/N-ethyl adjacent to an activating group) is 1. The topological polar surface area (TPSA) is 107 Å². The summed E-state index contributed by atoms with van der Waals surface area (Å²) in [6, 6.07) is -1.34. The highest BCUT2D eigenvalue weighted by Crippen LogP contribution is 1.86. The van der Waals surface area contributed by atoms with E-state index in [-0.39, 0.29) is 12.5 Å². The summed E-state index contributed by atoms with van der Waals surface area (Å²) in [5.74, 6) is -2.26. The lowest BCUT2D eigenvalue weighted by Crippen LogP contribution is -2.47. The maximum atomic E-state index is 11.2. The molecule has 86 valence electrons. The van der Waals surface area contributed by atoms with Gasteiger partial charge < -0.3 is 20.4 Å². The highest BCUT2D eigenvalue weighted by Gasteiger charge is 2.19. The van der Waals surface area contributed by atoms with Crippen LogP contribution in [0.1, 0.15) is 6.92 Å². The van der Waals surface area contributed by atoms with Gasteiger partial charge in [0.15, 0.2) is 0 Å². The van der Waals surface area contributed by atoms with Gasteiger partial charge in [0, 0.05) is 14.0 Å². The maximum absolute atomic E-state index is 11.2. The summed E-state index contributed by atoms with van der Waals surface area (Å²) in [5, 5.41) is 19.2. The Balaban J connectivity index is 4.13. The van der Waals surface area contributed by atoms with Crippen molar-refractivity contribution >= 4 is 17.8 Å². The summed E-state index contributed by atoms with van der Waals surface area (Å²) in [4.78, 5) is 33.5. The molecule has 7 heteroatoms. The first-order chi connectivity index (χ1) is 6.88. The Morgan fingerprint density at radius 1 is 1.40 bits per heavy atom. The van der Waals surface area contributed by atoms with E-state index in [1.165, 1.54) is 14.0 Å². The normalized spacial score (nSPS) is 11.7. The molecule has 1 atom stereocenters. The molecular formula is C8H14N2O5. The van der Waals surface area contributed by atoms with Gasteiger partial charge in [-0.1, -0.05) is 0 Å². The van der Waals surface area contributed by atoms with Crippen molar-refractivity contribution < 1.29 is 24.6 Å². The molecule has 3 N–H and O–H groups in total. The van der Waals surface area contributed by atoms with Crippen LogP contribution in [0.4, 0.5) is 0 Å². The van der Waals surface area contributed by atoms with Crippen LogP contribution in [0.3, 0.4) is 0 Å². The molecule has 15 heavy (non-hydrogen) atoms. The van der Waals surface area contributed by atoms with Crippen LogP contribution in [0, 0.1) is 0 Å². The average molecular weight is 218 g/mol. The van der Waals surface area contributed by atoms with Gasteiger partial charge in [-0.25, -0.2) is 4.79 Å². The first kappa shape index (κ1) is 13.4. The van der Waals surface area contributed by atoms with Crippen LogP contribution in [0.25, 0.3) is 0 Å². The molecule has 0 bridgehead atoms. The predicted octanol–water partition coefficient (Wildman–Crippen LogP) is -1.97. The number of carbonyl (C=O) groups is 3. The van der Waals surface area contributed by atoms with E-state index < -0.39 is 24.5 Å². The number of hydrogen-bond donors (Lipinski definition) is 3. The van der Waals surface area contributed by atoms with Gasteiger partial charge in [-0.2, -0.15) is 0 Å². The minimum absolute atomic E-state index is 0.237. The number of carboxylic acids is 1. The van der Waals surface area contributed by atoms with Crippen molar-refractivity contribution in [1.29, 1.82) is 0 Å². The van der Waals surface area contributed by atoms with Crippen molar-refractivity contribution in [2.75, 3.05) is 20.2 Å². The molecule has 0 heterocycles. The molecule has 0 aliphatic heterocycles. The molecule has 0 aliphatic carbocycles. The second-order valence-corrected chi connectivity index (χ2v) is 3.02. The number of carbonyl (C=O) groups excluding carboxylic acids is 2. The zero-order valence-electron chi connectivity index (χ0n) is 8.56. The van der Waals surface area contributed by atoms with Gasteiger partial charge in [0.05, 0.1) is 13.2 Å². The molecule has 0 saturated heterocycles. The summed E-state index contributed by atoms with van der Waals surface area (Å²) >= 11 is 0. The molecule has 0 radical (unpaired) electrons. The van der Waals surface area contributed by atoms with E-state index in [1.54, 1.807) is 0 Å². The molecule has 0 aromatic rings. The third-order valence-electron chi connectivity index (χ3n) is 1.73. The number of rotatable bonds is 5. The fourth-order valence-corrected chi connectivity index (χ4v) is 0.752. The second-order valence-electron chi connectivity index (χ2n) is 3.02. The Morgan fingerprint density at radius 2 is 1.93 bits per heavy atom. The lowest BCUT2D eigenvalue weighted by Gasteiger charge is -2.16. The SMILES string of the molecule is CC(=O)N(C)CC(=O)NC(CO)C(=O)O. The summed E-state index contributed by atoms with van der Waals surface area (Å²) in [7, 11) is 1.41. The number of hydrogen-bond acceptors (Lipinski definition) is 4. The van der Waals surface area contributed by atoms with Crippen molar-refractivity contribution in [2.24, 2.45) is 0 Å². The fraction of sp³-hybridized carbons (Fsp3) is 0.625. The van der Waals surface area contributed by atoms with E-state index in [1.807, 2.05) is 0 Å². The molecule has 0 saturated carbocycles. The van der Waals surface area contributed by atoms with Gasteiger partial charge in [0.2, 0.25) is 11.8 Å². The lowest BCUT2D eigenvalue weighted by molar-refractivity contribution is -0.143. The van der Waals surface area contributed by atoms with E-state index in [9.17, 15) is 14.4 Å². The van der Waals surface area contributed by atoms with E-state index in [0.29, 0.717) is 0 Å². The lowest BCUT2D eigenvalue weighted by atomic mass is 10.3. The van der Waals surface area contributed by atoms with E-state index in [2.05, 4.69) is 5.32 Å². The number of aliphatic hydroxyl groups excluding tert-OH is 1. The largest absolute Gasteiger partial charge is 0.480 e. The number of nitrogens with one attached hydrogen (secondary N) is 1. The third-order valence-corrected chi connectivity index (χ3v) is 1.73. The van der Waals surface area contributed by atoms with Gasteiger partial charge in [0.25, 0.3) is 0 Å². The van der Waals surface area contributed by atoms with Crippen LogP contribution in [0.2, 0.25) is 0 Å². The minimum Gasteiger partial charge on any atom is -0.480 e. The third kappa shape index (κ3) is 4.96. The molecule has 0 aromatic heterocycles. The van der Waals surface area contributed by atoms with Crippen LogP contribution >= 0.6 is 0 Å². The van der Waals surface area contributed by atoms with Crippen molar-refractivity contribution in [3.05, 3.63) is 0 Å². The minimum atomic E-state index is -1.34. The summed E-state index contributed by atoms with van der Waals surface area (Å²) in [6.45, 7) is 0.359. The number of nitrogens with zero attached hydrogens (tertiary/aromatic N) is 1. The molecule has 0 fully saturated rings. The highest BCUT2D eigenvalue weighted by atomic mass is 16.4. The molecule has 0 spiro atoms. The Kier molecular flexibility index (Phi) is 5.32. The number of carboxylic acid groups (broad SMARTS) is 1. The molecular weight excluding hydrogens is 204 g/mol. The summed E-state index contributed by atoms with van der Waals surface area (Å²) in [5.41, 5.74) is 0. The fourth-order valence-electron chi connectivity index (χ4n) is 0.752. The number of aliphatic hydroxyl groups is 1. The maximum Gasteiger partial charge on any atom is 0.328 e. The van der Waals surface area contributed by atoms with E-state index >= 15 is 0 Å².